The summed E-state index contributed by atoms with van der Waals surface area (Å²) < 4.78 is 21.2. The molecule has 2 amide bonds. The van der Waals surface area contributed by atoms with Gasteiger partial charge in [0.1, 0.15) is 0 Å². The normalized spacial score (nSPS) is 30.4. The van der Waals surface area contributed by atoms with Gasteiger partial charge in [0.05, 0.1) is 76.0 Å². The van der Waals surface area contributed by atoms with Crippen molar-refractivity contribution in [2.24, 2.45) is 23.7 Å². The molecule has 12 heteroatoms. The first-order valence-electron chi connectivity index (χ1n) is 22.6. The lowest BCUT2D eigenvalue weighted by Crippen LogP contribution is -2.54. The molecule has 0 saturated carbocycles. The van der Waals surface area contributed by atoms with Gasteiger partial charge in [0.15, 0.2) is 0 Å². The van der Waals surface area contributed by atoms with Crippen LogP contribution in [0.25, 0.3) is 0 Å². The Morgan fingerprint density at radius 2 is 1.10 bits per heavy atom. The van der Waals surface area contributed by atoms with Crippen LogP contribution in [0, 0.1) is 23.7 Å². The highest BCUT2D eigenvalue weighted by molar-refractivity contribution is 6.10. The Hall–Kier alpha value is -5.46. The van der Waals surface area contributed by atoms with E-state index in [0.717, 1.165) is 72.6 Å². The second-order valence-electron chi connectivity index (χ2n) is 18.5. The average molecular weight is 857 g/mol. The van der Waals surface area contributed by atoms with Crippen LogP contribution in [0.5, 0.6) is 0 Å². The van der Waals surface area contributed by atoms with Crippen LogP contribution < -0.4 is 9.80 Å². The van der Waals surface area contributed by atoms with Crippen LogP contribution in [0.15, 0.2) is 96.5 Å². The maximum Gasteiger partial charge on any atom is 0.337 e. The third-order valence-corrected chi connectivity index (χ3v) is 15.8. The quantitative estimate of drug-likeness (QED) is 0.120. The van der Waals surface area contributed by atoms with Crippen LogP contribution in [0.1, 0.15) is 68.2 Å². The third kappa shape index (κ3) is 6.69. The molecule has 3 aromatic rings. The SMILES string of the molecule is CC[C@H]1CN2CC[C@]3(C(=O)N(Cc4ccc(CN5C(=O)[C@]6(CCN7C[C@H](C)C(/C(=C\OC)C(=O)OC)C[C@@H]76)c6ccccc65)cc4)c4ccccc43)C2CC1/C(=C\OC)C(=O)OC. The van der Waals surface area contributed by atoms with E-state index in [2.05, 4.69) is 72.2 Å². The zero-order valence-corrected chi connectivity index (χ0v) is 37.4. The van der Waals surface area contributed by atoms with E-state index < -0.39 is 16.8 Å². The van der Waals surface area contributed by atoms with Gasteiger partial charge in [-0.05, 0) is 96.8 Å². The fraction of sp³-hybridized carbons (Fsp3) is 0.490. The predicted octanol–water partition coefficient (Wildman–Crippen LogP) is 6.51. The maximum absolute atomic E-state index is 15.1. The monoisotopic (exact) mass is 856 g/mol. The molecule has 0 radical (unpaired) electrons. The van der Waals surface area contributed by atoms with E-state index in [1.807, 2.05) is 34.1 Å². The van der Waals surface area contributed by atoms with Gasteiger partial charge in [-0.1, -0.05) is 80.9 Å². The number of carbonyl (C=O) groups is 4. The minimum Gasteiger partial charge on any atom is -0.504 e. The Morgan fingerprint density at radius 1 is 0.651 bits per heavy atom. The van der Waals surface area contributed by atoms with Crippen LogP contribution in [0.3, 0.4) is 0 Å². The van der Waals surface area contributed by atoms with E-state index in [4.69, 9.17) is 18.9 Å². The summed E-state index contributed by atoms with van der Waals surface area (Å²) in [5, 5.41) is 0. The average Bonchev–Trinajstić information content (AvgIpc) is 4.01. The van der Waals surface area contributed by atoms with Crippen molar-refractivity contribution in [3.8, 4) is 0 Å². The molecule has 63 heavy (non-hydrogen) atoms. The number of piperidine rings is 2. The molecular weight excluding hydrogens is 797 g/mol. The van der Waals surface area contributed by atoms with Crippen molar-refractivity contribution in [1.29, 1.82) is 0 Å². The van der Waals surface area contributed by atoms with Gasteiger partial charge in [-0.3, -0.25) is 19.4 Å². The molecule has 6 aliphatic rings. The highest BCUT2D eigenvalue weighted by Crippen LogP contribution is 2.57. The second-order valence-corrected chi connectivity index (χ2v) is 18.5. The number of nitrogens with zero attached hydrogens (tertiary/aromatic N) is 4. The Labute approximate surface area is 370 Å². The smallest absolute Gasteiger partial charge is 0.337 e. The van der Waals surface area contributed by atoms with Crippen molar-refractivity contribution in [2.75, 3.05) is 64.4 Å². The topological polar surface area (TPSA) is 118 Å². The Kier molecular flexibility index (Phi) is 11.5. The van der Waals surface area contributed by atoms with E-state index in [9.17, 15) is 9.59 Å². The minimum absolute atomic E-state index is 0.0769. The number of hydrogen-bond acceptors (Lipinski definition) is 10. The van der Waals surface area contributed by atoms with Crippen LogP contribution in [0.4, 0.5) is 11.4 Å². The molecule has 4 fully saturated rings. The summed E-state index contributed by atoms with van der Waals surface area (Å²) in [7, 11) is 5.90. The molecule has 12 nitrogen and oxygen atoms in total. The summed E-state index contributed by atoms with van der Waals surface area (Å²) >= 11 is 0. The molecule has 3 aromatic carbocycles. The maximum atomic E-state index is 15.1. The first-order valence-corrected chi connectivity index (χ1v) is 22.6. The number of methoxy groups -OCH3 is 4. The molecule has 9 rings (SSSR count). The van der Waals surface area contributed by atoms with Crippen molar-refractivity contribution >= 4 is 35.1 Å². The van der Waals surface area contributed by atoms with E-state index in [1.54, 1.807) is 14.2 Å². The standard InChI is InChI=1S/C51H60N4O8/c1-7-35-29-53-23-21-51(45(53)25-37(35)39(31-61-4)47(57)63-6)41-13-9-11-15-43(41)55(49(51)59)28-34-18-16-33(17-19-34)27-54-42-14-10-8-12-40(42)50(48(54)58)20-22-52-26-32(2)36(24-44(50)52)38(30-60-3)46(56)62-5/h8-19,30-32,35-37,44-45H,7,20-29H2,1-6H3/b38-30+,39-31+/t32-,35-,36?,37?,44+,45?,50+,51+/m0/s1. The van der Waals surface area contributed by atoms with E-state index in [1.165, 1.54) is 26.7 Å². The number of para-hydroxylation sites is 2. The summed E-state index contributed by atoms with van der Waals surface area (Å²) in [5.41, 5.74) is 5.58. The molecular formula is C51H60N4O8. The number of rotatable bonds is 11. The highest BCUT2D eigenvalue weighted by Gasteiger charge is 2.63. The van der Waals surface area contributed by atoms with Crippen molar-refractivity contribution in [3.63, 3.8) is 0 Å². The highest BCUT2D eigenvalue weighted by atomic mass is 16.5. The fourth-order valence-electron chi connectivity index (χ4n) is 12.8. The molecule has 6 heterocycles. The summed E-state index contributed by atoms with van der Waals surface area (Å²) in [4.78, 5) is 65.1. The van der Waals surface area contributed by atoms with Crippen LogP contribution >= 0.6 is 0 Å². The molecule has 8 atom stereocenters. The van der Waals surface area contributed by atoms with Gasteiger partial charge in [0.2, 0.25) is 11.8 Å². The van der Waals surface area contributed by atoms with Crippen molar-refractivity contribution in [3.05, 3.63) is 119 Å². The van der Waals surface area contributed by atoms with Gasteiger partial charge in [0, 0.05) is 36.5 Å². The summed E-state index contributed by atoms with van der Waals surface area (Å²) in [6, 6.07) is 24.6. The Morgan fingerprint density at radius 3 is 1.56 bits per heavy atom. The molecule has 0 aliphatic carbocycles. The molecule has 3 unspecified atom stereocenters. The van der Waals surface area contributed by atoms with Gasteiger partial charge in [0.25, 0.3) is 0 Å². The molecule has 0 N–H and O–H groups in total. The summed E-state index contributed by atoms with van der Waals surface area (Å²) in [6.45, 7) is 8.35. The predicted molar refractivity (Wildman–Crippen MR) is 238 cm³/mol. The van der Waals surface area contributed by atoms with E-state index in [0.29, 0.717) is 43.5 Å². The van der Waals surface area contributed by atoms with Gasteiger partial charge in [-0.2, -0.15) is 0 Å². The van der Waals surface area contributed by atoms with Gasteiger partial charge >= 0.3 is 11.9 Å². The van der Waals surface area contributed by atoms with Crippen LogP contribution in [-0.2, 0) is 62.0 Å². The lowest BCUT2D eigenvalue weighted by molar-refractivity contribution is -0.138. The third-order valence-electron chi connectivity index (χ3n) is 15.8. The molecule has 332 valence electrons. The Bertz CT molecular complexity index is 2340. The molecule has 6 aliphatic heterocycles. The van der Waals surface area contributed by atoms with E-state index >= 15 is 9.59 Å². The number of anilines is 2. The second kappa shape index (κ2) is 16.9. The van der Waals surface area contributed by atoms with Crippen molar-refractivity contribution < 1.29 is 38.1 Å². The largest absolute Gasteiger partial charge is 0.504 e. The van der Waals surface area contributed by atoms with Crippen LogP contribution in [0.2, 0.25) is 0 Å². The number of carbonyl (C=O) groups excluding carboxylic acids is 4. The number of amides is 2. The fourth-order valence-corrected chi connectivity index (χ4v) is 12.8. The molecule has 4 saturated heterocycles. The minimum atomic E-state index is -0.728. The van der Waals surface area contributed by atoms with Gasteiger partial charge in [-0.25, -0.2) is 9.59 Å². The van der Waals surface area contributed by atoms with Crippen molar-refractivity contribution in [1.82, 2.24) is 9.80 Å². The number of benzene rings is 3. The first-order chi connectivity index (χ1) is 30.6. The number of ether oxygens (including phenoxy) is 4. The first kappa shape index (κ1) is 42.8. The molecule has 0 aromatic heterocycles. The van der Waals surface area contributed by atoms with Gasteiger partial charge < -0.3 is 28.7 Å². The zero-order chi connectivity index (χ0) is 44.2. The number of fused-ring (bicyclic) bond motifs is 8. The lowest BCUT2D eigenvalue weighted by atomic mass is 9.67. The van der Waals surface area contributed by atoms with Crippen LogP contribution in [-0.4, -0.2) is 100 Å². The number of esters is 2. The molecule has 2 spiro atoms. The summed E-state index contributed by atoms with van der Waals surface area (Å²) in [6.07, 6.45) is 6.68. The lowest BCUT2D eigenvalue weighted by Gasteiger charge is -2.45. The molecule has 0 bridgehead atoms. The van der Waals surface area contributed by atoms with E-state index in [-0.39, 0.29) is 53.5 Å². The number of hydrogen-bond donors (Lipinski definition) is 0. The van der Waals surface area contributed by atoms with Gasteiger partial charge in [-0.15, -0.1) is 0 Å². The van der Waals surface area contributed by atoms with Crippen molar-refractivity contribution in [2.45, 2.75) is 82.0 Å². The summed E-state index contributed by atoms with van der Waals surface area (Å²) in [5.74, 6) is -0.370. The zero-order valence-electron chi connectivity index (χ0n) is 37.4. The Balaban J connectivity index is 0.956.